The molecule has 0 amide bonds. The SMILES string of the molecule is Cn1c2ccccc2c2cc(-n3c(C4=CC=CCC4)c4c(-c5ccccc5)c(-c5ccccc5)c(-c5ccccc5)c(-c5ccccc5)c4c3-c3ccccc3)ccc21. The summed E-state index contributed by atoms with van der Waals surface area (Å²) >= 11 is 0. The highest BCUT2D eigenvalue weighted by atomic mass is 15.0. The molecule has 0 saturated heterocycles. The highest BCUT2D eigenvalue weighted by molar-refractivity contribution is 6.25. The lowest BCUT2D eigenvalue weighted by Gasteiger charge is -2.24. The van der Waals surface area contributed by atoms with Gasteiger partial charge in [0.15, 0.2) is 0 Å². The maximum Gasteiger partial charge on any atom is 0.0620 e. The Bertz CT molecular complexity index is 3220. The van der Waals surface area contributed by atoms with Gasteiger partial charge in [-0.2, -0.15) is 0 Å². The topological polar surface area (TPSA) is 9.86 Å². The minimum atomic E-state index is 0.941. The van der Waals surface area contributed by atoms with Crippen LogP contribution in [0.1, 0.15) is 18.5 Å². The van der Waals surface area contributed by atoms with E-state index in [4.69, 9.17) is 0 Å². The van der Waals surface area contributed by atoms with Crippen molar-refractivity contribution < 1.29 is 0 Å². The molecule has 0 atom stereocenters. The standard InChI is InChI=1S/C57H42N2/c1-58-48-35-21-20-34-46(48)47-38-45(36-37-49(47)58)59-56(43-30-16-6-17-31-43)54-52(41-26-12-4-13-27-41)50(39-22-8-2-9-23-39)51(40-24-10-3-11-25-40)53(42-28-14-5-15-29-42)55(54)57(59)44-32-18-7-19-33-44/h2-18,20-32,34-38H,19,33H2,1H3. The van der Waals surface area contributed by atoms with Crippen molar-refractivity contribution in [3.05, 3.63) is 218 Å². The number of hydrogen-bond donors (Lipinski definition) is 0. The molecule has 1 aliphatic rings. The zero-order valence-electron chi connectivity index (χ0n) is 33.0. The van der Waals surface area contributed by atoms with Crippen LogP contribution in [0.4, 0.5) is 0 Å². The lowest BCUT2D eigenvalue weighted by atomic mass is 9.78. The van der Waals surface area contributed by atoms with Crippen LogP contribution in [0.5, 0.6) is 0 Å². The van der Waals surface area contributed by atoms with E-state index in [1.165, 1.54) is 99.6 Å². The fourth-order valence-corrected chi connectivity index (χ4v) is 9.66. The van der Waals surface area contributed by atoms with Gasteiger partial charge in [-0.25, -0.2) is 0 Å². The number of aromatic nitrogens is 2. The van der Waals surface area contributed by atoms with Gasteiger partial charge in [0, 0.05) is 56.4 Å². The van der Waals surface area contributed by atoms with E-state index in [0.717, 1.165) is 18.5 Å². The smallest absolute Gasteiger partial charge is 0.0620 e. The average molecular weight is 755 g/mol. The molecule has 0 saturated carbocycles. The first kappa shape index (κ1) is 34.8. The highest BCUT2D eigenvalue weighted by Crippen LogP contribution is 2.56. The molecule has 2 nitrogen and oxygen atoms in total. The number of aryl methyl sites for hydroxylation is 1. The molecule has 0 unspecified atom stereocenters. The predicted molar refractivity (Wildman–Crippen MR) is 251 cm³/mol. The van der Waals surface area contributed by atoms with Crippen LogP contribution >= 0.6 is 0 Å². The summed E-state index contributed by atoms with van der Waals surface area (Å²) in [6.07, 6.45) is 8.85. The maximum absolute atomic E-state index is 2.62. The van der Waals surface area contributed by atoms with E-state index in [2.05, 4.69) is 229 Å². The van der Waals surface area contributed by atoms with Crippen LogP contribution in [-0.2, 0) is 7.05 Å². The van der Waals surface area contributed by atoms with Crippen molar-refractivity contribution in [1.29, 1.82) is 0 Å². The lowest BCUT2D eigenvalue weighted by molar-refractivity contribution is 0.999. The van der Waals surface area contributed by atoms with Gasteiger partial charge in [-0.1, -0.05) is 188 Å². The van der Waals surface area contributed by atoms with Gasteiger partial charge < -0.3 is 9.13 Å². The van der Waals surface area contributed by atoms with Crippen molar-refractivity contribution in [3.8, 4) is 61.5 Å². The fourth-order valence-electron chi connectivity index (χ4n) is 9.66. The summed E-state index contributed by atoms with van der Waals surface area (Å²) in [6.45, 7) is 0. The first-order valence-electron chi connectivity index (χ1n) is 20.7. The van der Waals surface area contributed by atoms with E-state index in [-0.39, 0.29) is 0 Å². The van der Waals surface area contributed by atoms with Crippen molar-refractivity contribution in [3.63, 3.8) is 0 Å². The number of hydrogen-bond acceptors (Lipinski definition) is 0. The van der Waals surface area contributed by atoms with Crippen LogP contribution in [0.15, 0.2) is 212 Å². The predicted octanol–water partition coefficient (Wildman–Crippen LogP) is 15.3. The maximum atomic E-state index is 2.62. The molecule has 59 heavy (non-hydrogen) atoms. The number of fused-ring (bicyclic) bond motifs is 4. The third kappa shape index (κ3) is 5.71. The van der Waals surface area contributed by atoms with Gasteiger partial charge in [0.2, 0.25) is 0 Å². The van der Waals surface area contributed by atoms with Crippen LogP contribution in [-0.4, -0.2) is 9.13 Å². The second kappa shape index (κ2) is 14.5. The first-order chi connectivity index (χ1) is 29.3. The normalized spacial score (nSPS) is 12.7. The Kier molecular flexibility index (Phi) is 8.56. The Morgan fingerprint density at radius 2 is 0.864 bits per heavy atom. The number of allylic oxidation sites excluding steroid dienone is 4. The molecule has 2 heterocycles. The van der Waals surface area contributed by atoms with Gasteiger partial charge in [-0.3, -0.25) is 0 Å². The summed E-state index contributed by atoms with van der Waals surface area (Å²) < 4.78 is 4.95. The largest absolute Gasteiger partial charge is 0.344 e. The number of nitrogens with zero attached hydrogens (tertiary/aromatic N) is 2. The van der Waals surface area contributed by atoms with Gasteiger partial charge in [-0.15, -0.1) is 0 Å². The molecule has 11 rings (SSSR count). The Morgan fingerprint density at radius 3 is 1.39 bits per heavy atom. The van der Waals surface area contributed by atoms with Gasteiger partial charge in [-0.05, 0) is 81.6 Å². The molecule has 280 valence electrons. The molecule has 0 aliphatic heterocycles. The van der Waals surface area contributed by atoms with E-state index in [9.17, 15) is 0 Å². The summed E-state index contributed by atoms with van der Waals surface area (Å²) in [6, 6.07) is 71.4. The van der Waals surface area contributed by atoms with E-state index < -0.39 is 0 Å². The van der Waals surface area contributed by atoms with Gasteiger partial charge in [0.1, 0.15) is 0 Å². The van der Waals surface area contributed by atoms with E-state index in [1.54, 1.807) is 0 Å². The first-order valence-corrected chi connectivity index (χ1v) is 20.7. The zero-order chi connectivity index (χ0) is 39.3. The summed E-state index contributed by atoms with van der Waals surface area (Å²) in [5, 5.41) is 5.04. The van der Waals surface area contributed by atoms with E-state index in [0.29, 0.717) is 0 Å². The molecular formula is C57H42N2. The molecule has 0 radical (unpaired) electrons. The zero-order valence-corrected chi connectivity index (χ0v) is 33.0. The second-order valence-corrected chi connectivity index (χ2v) is 15.5. The molecular weight excluding hydrogens is 713 g/mol. The van der Waals surface area contributed by atoms with Crippen LogP contribution in [0, 0.1) is 0 Å². The van der Waals surface area contributed by atoms with Crippen molar-refractivity contribution in [2.45, 2.75) is 12.8 Å². The third-order valence-electron chi connectivity index (χ3n) is 12.2. The van der Waals surface area contributed by atoms with Gasteiger partial charge in [0.05, 0.1) is 11.4 Å². The number of benzene rings is 8. The summed E-state index contributed by atoms with van der Waals surface area (Å²) in [4.78, 5) is 0. The summed E-state index contributed by atoms with van der Waals surface area (Å²) in [7, 11) is 2.18. The third-order valence-corrected chi connectivity index (χ3v) is 12.2. The highest BCUT2D eigenvalue weighted by Gasteiger charge is 2.33. The van der Waals surface area contributed by atoms with Crippen LogP contribution in [0.2, 0.25) is 0 Å². The second-order valence-electron chi connectivity index (χ2n) is 15.5. The average Bonchev–Trinajstić information content (AvgIpc) is 3.82. The monoisotopic (exact) mass is 754 g/mol. The summed E-state index contributed by atoms with van der Waals surface area (Å²) in [5.74, 6) is 0. The summed E-state index contributed by atoms with van der Waals surface area (Å²) in [5.41, 5.74) is 18.3. The Morgan fingerprint density at radius 1 is 0.407 bits per heavy atom. The fraction of sp³-hybridized carbons (Fsp3) is 0.0526. The van der Waals surface area contributed by atoms with Crippen LogP contribution in [0.25, 0.3) is 99.6 Å². The van der Waals surface area contributed by atoms with Crippen LogP contribution in [0.3, 0.4) is 0 Å². The number of para-hydroxylation sites is 1. The minimum Gasteiger partial charge on any atom is -0.344 e. The molecule has 8 aromatic carbocycles. The molecule has 10 aromatic rings. The molecule has 0 spiro atoms. The number of rotatable bonds is 7. The van der Waals surface area contributed by atoms with Crippen molar-refractivity contribution in [2.24, 2.45) is 7.05 Å². The quantitative estimate of drug-likeness (QED) is 0.153. The molecule has 2 aromatic heterocycles. The molecule has 2 heteroatoms. The lowest BCUT2D eigenvalue weighted by Crippen LogP contribution is -2.04. The molecule has 0 fully saturated rings. The Hall–Kier alpha value is -7.42. The van der Waals surface area contributed by atoms with E-state index >= 15 is 0 Å². The molecule has 1 aliphatic carbocycles. The van der Waals surface area contributed by atoms with Gasteiger partial charge >= 0.3 is 0 Å². The van der Waals surface area contributed by atoms with Crippen molar-refractivity contribution in [2.75, 3.05) is 0 Å². The Balaban J connectivity index is 1.46. The van der Waals surface area contributed by atoms with Crippen molar-refractivity contribution >= 4 is 38.2 Å². The molecule has 0 N–H and O–H groups in total. The van der Waals surface area contributed by atoms with Gasteiger partial charge in [0.25, 0.3) is 0 Å². The van der Waals surface area contributed by atoms with Crippen LogP contribution < -0.4 is 0 Å². The van der Waals surface area contributed by atoms with Crippen molar-refractivity contribution in [1.82, 2.24) is 9.13 Å². The molecule has 0 bridgehead atoms. The minimum absolute atomic E-state index is 0.941. The van der Waals surface area contributed by atoms with E-state index in [1.807, 2.05) is 0 Å². The Labute approximate surface area is 345 Å².